The van der Waals surface area contributed by atoms with Crippen LogP contribution in [0.4, 0.5) is 0 Å². The Kier molecular flexibility index (Phi) is 3.92. The Labute approximate surface area is 110 Å². The Hall–Kier alpha value is -0.120. The van der Waals surface area contributed by atoms with Crippen molar-refractivity contribution in [2.75, 3.05) is 19.7 Å². The standard InChI is InChI=1S/C15H27NO2/c17-12-13-5-4-10-16(13)11-14-6-9-15(18-14)7-2-1-3-8-15/h13-14,17H,1-12H2/t13-,14?/m0/s1. The van der Waals surface area contributed by atoms with Crippen LogP contribution in [0.3, 0.4) is 0 Å². The molecule has 3 fully saturated rings. The minimum absolute atomic E-state index is 0.247. The van der Waals surface area contributed by atoms with Crippen molar-refractivity contribution in [3.63, 3.8) is 0 Å². The average molecular weight is 253 g/mol. The van der Waals surface area contributed by atoms with Gasteiger partial charge >= 0.3 is 0 Å². The molecule has 3 aliphatic rings. The normalized spacial score (nSPS) is 36.5. The molecule has 0 radical (unpaired) electrons. The van der Waals surface area contributed by atoms with Gasteiger partial charge in [0, 0.05) is 12.6 Å². The first-order valence-corrected chi connectivity index (χ1v) is 7.84. The second kappa shape index (κ2) is 5.48. The maximum atomic E-state index is 9.37. The molecule has 0 aromatic rings. The van der Waals surface area contributed by atoms with Gasteiger partial charge in [0.2, 0.25) is 0 Å². The molecule has 3 heteroatoms. The number of aliphatic hydroxyl groups is 1. The lowest BCUT2D eigenvalue weighted by molar-refractivity contribution is -0.0736. The summed E-state index contributed by atoms with van der Waals surface area (Å²) < 4.78 is 6.42. The summed E-state index contributed by atoms with van der Waals surface area (Å²) in [6.07, 6.45) is 12.0. The van der Waals surface area contributed by atoms with E-state index >= 15 is 0 Å². The fourth-order valence-corrected chi connectivity index (χ4v) is 4.19. The second-order valence-electron chi connectivity index (χ2n) is 6.50. The monoisotopic (exact) mass is 253 g/mol. The molecule has 104 valence electrons. The molecule has 1 aliphatic carbocycles. The quantitative estimate of drug-likeness (QED) is 0.838. The summed E-state index contributed by atoms with van der Waals surface area (Å²) in [6.45, 7) is 2.52. The van der Waals surface area contributed by atoms with Crippen LogP contribution < -0.4 is 0 Å². The molecule has 18 heavy (non-hydrogen) atoms. The molecule has 1 saturated carbocycles. The number of likely N-dealkylation sites (tertiary alicyclic amines) is 1. The van der Waals surface area contributed by atoms with E-state index in [-0.39, 0.29) is 5.60 Å². The number of ether oxygens (including phenoxy) is 1. The third kappa shape index (κ3) is 2.59. The molecular formula is C15H27NO2. The predicted octanol–water partition coefficient (Wildman–Crippen LogP) is 2.33. The van der Waals surface area contributed by atoms with Gasteiger partial charge < -0.3 is 9.84 Å². The van der Waals surface area contributed by atoms with Crippen LogP contribution in [-0.2, 0) is 4.74 Å². The first-order chi connectivity index (χ1) is 8.81. The van der Waals surface area contributed by atoms with Gasteiger partial charge in [-0.3, -0.25) is 4.90 Å². The molecule has 1 N–H and O–H groups in total. The number of hydrogen-bond acceptors (Lipinski definition) is 3. The summed E-state index contributed by atoms with van der Waals surface area (Å²) in [5.74, 6) is 0. The van der Waals surface area contributed by atoms with E-state index in [0.29, 0.717) is 18.8 Å². The molecular weight excluding hydrogens is 226 g/mol. The van der Waals surface area contributed by atoms with Crippen molar-refractivity contribution in [1.82, 2.24) is 4.90 Å². The molecule has 1 unspecified atom stereocenters. The van der Waals surface area contributed by atoms with Crippen LogP contribution in [-0.4, -0.2) is 47.4 Å². The Balaban J connectivity index is 1.52. The molecule has 0 aromatic carbocycles. The zero-order chi connectivity index (χ0) is 12.4. The molecule has 2 heterocycles. The third-order valence-electron chi connectivity index (χ3n) is 5.25. The zero-order valence-electron chi connectivity index (χ0n) is 11.4. The van der Waals surface area contributed by atoms with Gasteiger partial charge in [-0.1, -0.05) is 19.3 Å². The van der Waals surface area contributed by atoms with Crippen molar-refractivity contribution in [2.45, 2.75) is 75.5 Å². The van der Waals surface area contributed by atoms with E-state index in [1.54, 1.807) is 0 Å². The van der Waals surface area contributed by atoms with Gasteiger partial charge in [-0.25, -0.2) is 0 Å². The van der Waals surface area contributed by atoms with Gasteiger partial charge in [0.25, 0.3) is 0 Å². The molecule has 2 atom stereocenters. The first-order valence-electron chi connectivity index (χ1n) is 7.84. The van der Waals surface area contributed by atoms with E-state index in [2.05, 4.69) is 4.90 Å². The number of hydrogen-bond donors (Lipinski definition) is 1. The van der Waals surface area contributed by atoms with E-state index in [1.165, 1.54) is 51.4 Å². The molecule has 0 amide bonds. The highest BCUT2D eigenvalue weighted by Crippen LogP contribution is 2.42. The Morgan fingerprint density at radius 2 is 1.89 bits per heavy atom. The lowest BCUT2D eigenvalue weighted by Gasteiger charge is -2.34. The van der Waals surface area contributed by atoms with Gasteiger partial charge in [0.05, 0.1) is 18.3 Å². The summed E-state index contributed by atoms with van der Waals surface area (Å²) in [7, 11) is 0. The SMILES string of the molecule is OC[C@@H]1CCCN1CC1CCC2(CCCCC2)O1. The van der Waals surface area contributed by atoms with Gasteiger partial charge in [0.1, 0.15) is 0 Å². The molecule has 2 saturated heterocycles. The van der Waals surface area contributed by atoms with E-state index in [1.807, 2.05) is 0 Å². The molecule has 1 spiro atoms. The summed E-state index contributed by atoms with van der Waals surface area (Å²) in [6, 6.07) is 0.400. The van der Waals surface area contributed by atoms with Crippen LogP contribution in [0, 0.1) is 0 Å². The highest BCUT2D eigenvalue weighted by Gasteiger charge is 2.41. The van der Waals surface area contributed by atoms with Gasteiger partial charge in [-0.15, -0.1) is 0 Å². The van der Waals surface area contributed by atoms with Crippen LogP contribution in [0.5, 0.6) is 0 Å². The number of rotatable bonds is 3. The maximum Gasteiger partial charge on any atom is 0.0710 e. The Morgan fingerprint density at radius 1 is 1.06 bits per heavy atom. The van der Waals surface area contributed by atoms with Crippen LogP contribution in [0.2, 0.25) is 0 Å². The number of aliphatic hydroxyl groups excluding tert-OH is 1. The first kappa shape index (κ1) is 12.9. The minimum atomic E-state index is 0.247. The van der Waals surface area contributed by atoms with E-state index < -0.39 is 0 Å². The second-order valence-corrected chi connectivity index (χ2v) is 6.50. The van der Waals surface area contributed by atoms with Crippen molar-refractivity contribution in [1.29, 1.82) is 0 Å². The Bertz CT molecular complexity index is 276. The highest BCUT2D eigenvalue weighted by atomic mass is 16.5. The Morgan fingerprint density at radius 3 is 2.67 bits per heavy atom. The lowest BCUT2D eigenvalue weighted by atomic mass is 9.83. The van der Waals surface area contributed by atoms with Gasteiger partial charge in [0.15, 0.2) is 0 Å². The van der Waals surface area contributed by atoms with Crippen molar-refractivity contribution in [3.8, 4) is 0 Å². The average Bonchev–Trinajstić information content (AvgIpc) is 2.99. The van der Waals surface area contributed by atoms with Crippen LogP contribution in [0.25, 0.3) is 0 Å². The minimum Gasteiger partial charge on any atom is -0.395 e. The molecule has 0 aromatic heterocycles. The van der Waals surface area contributed by atoms with Crippen LogP contribution in [0.1, 0.15) is 57.8 Å². The van der Waals surface area contributed by atoms with Gasteiger partial charge in [-0.05, 0) is 45.1 Å². The van der Waals surface area contributed by atoms with Crippen molar-refractivity contribution in [2.24, 2.45) is 0 Å². The predicted molar refractivity (Wildman–Crippen MR) is 71.6 cm³/mol. The molecule has 0 bridgehead atoms. The fourth-order valence-electron chi connectivity index (χ4n) is 4.19. The van der Waals surface area contributed by atoms with E-state index in [9.17, 15) is 5.11 Å². The molecule has 2 aliphatic heterocycles. The highest BCUT2D eigenvalue weighted by molar-refractivity contribution is 4.93. The van der Waals surface area contributed by atoms with E-state index in [4.69, 9.17) is 4.74 Å². The molecule has 3 rings (SSSR count). The number of nitrogens with zero attached hydrogens (tertiary/aromatic N) is 1. The van der Waals surface area contributed by atoms with Crippen molar-refractivity contribution >= 4 is 0 Å². The summed E-state index contributed by atoms with van der Waals surface area (Å²) in [5.41, 5.74) is 0.247. The van der Waals surface area contributed by atoms with Gasteiger partial charge in [-0.2, -0.15) is 0 Å². The smallest absolute Gasteiger partial charge is 0.0710 e. The summed E-state index contributed by atoms with van der Waals surface area (Å²) in [5, 5.41) is 9.37. The summed E-state index contributed by atoms with van der Waals surface area (Å²) >= 11 is 0. The van der Waals surface area contributed by atoms with E-state index in [0.717, 1.165) is 19.5 Å². The van der Waals surface area contributed by atoms with Crippen molar-refractivity contribution < 1.29 is 9.84 Å². The van der Waals surface area contributed by atoms with Crippen molar-refractivity contribution in [3.05, 3.63) is 0 Å². The molecule has 3 nitrogen and oxygen atoms in total. The topological polar surface area (TPSA) is 32.7 Å². The lowest BCUT2D eigenvalue weighted by Crippen LogP contribution is -2.40. The largest absolute Gasteiger partial charge is 0.395 e. The van der Waals surface area contributed by atoms with Crippen LogP contribution >= 0.6 is 0 Å². The fraction of sp³-hybridized carbons (Fsp3) is 1.00. The summed E-state index contributed by atoms with van der Waals surface area (Å²) in [4.78, 5) is 2.45. The third-order valence-corrected chi connectivity index (χ3v) is 5.25. The zero-order valence-corrected chi connectivity index (χ0v) is 11.4. The van der Waals surface area contributed by atoms with Crippen LogP contribution in [0.15, 0.2) is 0 Å². The maximum absolute atomic E-state index is 9.37.